The summed E-state index contributed by atoms with van der Waals surface area (Å²) in [5.74, 6) is -1.48. The number of hydrogen-bond acceptors (Lipinski definition) is 5. The molecule has 0 aliphatic carbocycles. The first-order valence-corrected chi connectivity index (χ1v) is 10.9. The van der Waals surface area contributed by atoms with E-state index in [0.717, 1.165) is 50.1 Å². The fourth-order valence-corrected chi connectivity index (χ4v) is 4.28. The number of para-hydroxylation sites is 2. The van der Waals surface area contributed by atoms with Crippen LogP contribution < -0.4 is 14.9 Å². The van der Waals surface area contributed by atoms with Crippen LogP contribution in [0.25, 0.3) is 0 Å². The quantitative estimate of drug-likeness (QED) is 0.748. The van der Waals surface area contributed by atoms with E-state index in [1.54, 1.807) is 19.1 Å². The summed E-state index contributed by atoms with van der Waals surface area (Å²) in [6.07, 6.45) is 0. The Hall–Kier alpha value is -2.49. The van der Waals surface area contributed by atoms with Crippen LogP contribution in [0.5, 0.6) is 0 Å². The maximum atomic E-state index is 14.3. The molecule has 1 saturated heterocycles. The summed E-state index contributed by atoms with van der Waals surface area (Å²) < 4.78 is 41.0. The number of sulfonamides is 1. The Labute approximate surface area is 170 Å². The van der Waals surface area contributed by atoms with Crippen LogP contribution in [0.1, 0.15) is 17.3 Å². The molecular weight excluding hydrogens is 395 g/mol. The number of likely N-dealkylation sites (N-methyl/N-ethyl adjacent to an activating group) is 1. The van der Waals surface area contributed by atoms with Crippen molar-refractivity contribution in [3.8, 4) is 0 Å². The SMILES string of the molecule is CCNS(=O)(=O)c1ccc(F)c(C(=O)Nc2ccccc2N2CCN(C)CC2)c1. The number of carbonyl (C=O) groups excluding carboxylic acids is 1. The number of halogens is 1. The number of nitrogens with one attached hydrogen (secondary N) is 2. The van der Waals surface area contributed by atoms with Gasteiger partial charge in [-0.1, -0.05) is 19.1 Å². The van der Waals surface area contributed by atoms with E-state index in [0.29, 0.717) is 5.69 Å². The second-order valence-electron chi connectivity index (χ2n) is 6.90. The van der Waals surface area contributed by atoms with Crippen molar-refractivity contribution in [3.63, 3.8) is 0 Å². The van der Waals surface area contributed by atoms with Crippen LogP contribution >= 0.6 is 0 Å². The number of nitrogens with zero attached hydrogens (tertiary/aromatic N) is 2. The van der Waals surface area contributed by atoms with E-state index in [9.17, 15) is 17.6 Å². The van der Waals surface area contributed by atoms with Crippen molar-refractivity contribution in [2.75, 3.05) is 50.0 Å². The molecule has 2 N–H and O–H groups in total. The van der Waals surface area contributed by atoms with E-state index in [2.05, 4.69) is 26.9 Å². The number of hydrogen-bond donors (Lipinski definition) is 2. The van der Waals surface area contributed by atoms with E-state index in [1.807, 2.05) is 12.1 Å². The van der Waals surface area contributed by atoms with Gasteiger partial charge in [0.25, 0.3) is 5.91 Å². The van der Waals surface area contributed by atoms with Crippen LogP contribution in [0.4, 0.5) is 15.8 Å². The molecule has 2 aromatic rings. The summed E-state index contributed by atoms with van der Waals surface area (Å²) in [6, 6.07) is 10.5. The predicted octanol–water partition coefficient (Wildman–Crippen LogP) is 2.13. The highest BCUT2D eigenvalue weighted by molar-refractivity contribution is 7.89. The van der Waals surface area contributed by atoms with E-state index in [4.69, 9.17) is 0 Å². The van der Waals surface area contributed by atoms with Crippen LogP contribution in [-0.4, -0.2) is 59.0 Å². The molecule has 2 aromatic carbocycles. The molecule has 1 aliphatic rings. The van der Waals surface area contributed by atoms with Gasteiger partial charge in [-0.2, -0.15) is 0 Å². The number of carbonyl (C=O) groups is 1. The Bertz CT molecular complexity index is 989. The third-order valence-electron chi connectivity index (χ3n) is 4.82. The molecule has 3 rings (SSSR count). The molecule has 7 nitrogen and oxygen atoms in total. The first-order chi connectivity index (χ1) is 13.8. The molecule has 0 bridgehead atoms. The Morgan fingerprint density at radius 2 is 1.79 bits per heavy atom. The van der Waals surface area contributed by atoms with E-state index in [-0.39, 0.29) is 17.0 Å². The first-order valence-electron chi connectivity index (χ1n) is 9.45. The molecule has 1 heterocycles. The van der Waals surface area contributed by atoms with E-state index >= 15 is 0 Å². The van der Waals surface area contributed by atoms with Gasteiger partial charge in [0.05, 0.1) is 21.8 Å². The molecule has 0 atom stereocenters. The predicted molar refractivity (Wildman–Crippen MR) is 111 cm³/mol. The van der Waals surface area contributed by atoms with Crippen molar-refractivity contribution in [1.29, 1.82) is 0 Å². The zero-order valence-corrected chi connectivity index (χ0v) is 17.3. The third kappa shape index (κ3) is 4.92. The minimum atomic E-state index is -3.80. The molecule has 1 fully saturated rings. The molecule has 0 unspecified atom stereocenters. The summed E-state index contributed by atoms with van der Waals surface area (Å²) >= 11 is 0. The highest BCUT2D eigenvalue weighted by Gasteiger charge is 2.21. The van der Waals surface area contributed by atoms with E-state index in [1.165, 1.54) is 0 Å². The van der Waals surface area contributed by atoms with Crippen molar-refractivity contribution in [2.24, 2.45) is 0 Å². The van der Waals surface area contributed by atoms with Crippen molar-refractivity contribution < 1.29 is 17.6 Å². The largest absolute Gasteiger partial charge is 0.367 e. The Morgan fingerprint density at radius 1 is 1.10 bits per heavy atom. The summed E-state index contributed by atoms with van der Waals surface area (Å²) in [7, 11) is -1.74. The molecule has 0 spiro atoms. The zero-order chi connectivity index (χ0) is 21.0. The lowest BCUT2D eigenvalue weighted by Gasteiger charge is -2.35. The maximum Gasteiger partial charge on any atom is 0.258 e. The maximum absolute atomic E-state index is 14.3. The fraction of sp³-hybridized carbons (Fsp3) is 0.350. The third-order valence-corrected chi connectivity index (χ3v) is 6.37. The summed E-state index contributed by atoms with van der Waals surface area (Å²) in [5, 5.41) is 2.74. The number of piperazine rings is 1. The Balaban J connectivity index is 1.86. The van der Waals surface area contributed by atoms with Gasteiger partial charge in [0.1, 0.15) is 5.82 Å². The molecule has 1 aliphatic heterocycles. The molecular formula is C20H25FN4O3S. The molecule has 156 valence electrons. The summed E-state index contributed by atoms with van der Waals surface area (Å²) in [6.45, 7) is 5.27. The van der Waals surface area contributed by atoms with Crippen LogP contribution in [-0.2, 0) is 10.0 Å². The normalized spacial score (nSPS) is 15.3. The van der Waals surface area contributed by atoms with Crippen molar-refractivity contribution in [2.45, 2.75) is 11.8 Å². The number of benzene rings is 2. The lowest BCUT2D eigenvalue weighted by Crippen LogP contribution is -2.44. The average molecular weight is 421 g/mol. The first kappa shape index (κ1) is 21.2. The molecule has 0 aromatic heterocycles. The number of anilines is 2. The van der Waals surface area contributed by atoms with Crippen LogP contribution in [0.2, 0.25) is 0 Å². The smallest absolute Gasteiger partial charge is 0.258 e. The topological polar surface area (TPSA) is 81.7 Å². The van der Waals surface area contributed by atoms with Crippen LogP contribution in [0.3, 0.4) is 0 Å². The van der Waals surface area contributed by atoms with Gasteiger partial charge in [0, 0.05) is 32.7 Å². The minimum absolute atomic E-state index is 0.154. The lowest BCUT2D eigenvalue weighted by atomic mass is 10.1. The average Bonchev–Trinajstić information content (AvgIpc) is 2.69. The summed E-state index contributed by atoms with van der Waals surface area (Å²) in [5.41, 5.74) is 1.09. The second kappa shape index (κ2) is 8.89. The fourth-order valence-electron chi connectivity index (χ4n) is 3.21. The van der Waals surface area contributed by atoms with Crippen molar-refractivity contribution >= 4 is 27.3 Å². The standard InChI is InChI=1S/C20H25FN4O3S/c1-3-22-29(27,28)15-8-9-17(21)16(14-15)20(26)23-18-6-4-5-7-19(18)25-12-10-24(2)11-13-25/h4-9,14,22H,3,10-13H2,1-2H3,(H,23,26). The zero-order valence-electron chi connectivity index (χ0n) is 16.5. The van der Waals surface area contributed by atoms with Gasteiger partial charge in [-0.15, -0.1) is 0 Å². The molecule has 9 heteroatoms. The van der Waals surface area contributed by atoms with Gasteiger partial charge in [-0.25, -0.2) is 17.5 Å². The number of amides is 1. The molecule has 0 radical (unpaired) electrons. The van der Waals surface area contributed by atoms with E-state index < -0.39 is 21.7 Å². The number of rotatable bonds is 6. The second-order valence-corrected chi connectivity index (χ2v) is 8.67. The minimum Gasteiger partial charge on any atom is -0.367 e. The molecule has 29 heavy (non-hydrogen) atoms. The lowest BCUT2D eigenvalue weighted by molar-refractivity contribution is 0.102. The van der Waals surface area contributed by atoms with Crippen LogP contribution in [0.15, 0.2) is 47.4 Å². The highest BCUT2D eigenvalue weighted by Crippen LogP contribution is 2.27. The Morgan fingerprint density at radius 3 is 2.48 bits per heavy atom. The van der Waals surface area contributed by atoms with Crippen LogP contribution in [0, 0.1) is 5.82 Å². The van der Waals surface area contributed by atoms with Gasteiger partial charge in [-0.05, 0) is 37.4 Å². The molecule has 1 amide bonds. The monoisotopic (exact) mass is 420 g/mol. The van der Waals surface area contributed by atoms with Gasteiger partial charge >= 0.3 is 0 Å². The highest BCUT2D eigenvalue weighted by atomic mass is 32.2. The van der Waals surface area contributed by atoms with Crippen molar-refractivity contribution in [1.82, 2.24) is 9.62 Å². The van der Waals surface area contributed by atoms with Gasteiger partial charge in [0.2, 0.25) is 10.0 Å². The Kier molecular flexibility index (Phi) is 6.51. The van der Waals surface area contributed by atoms with Gasteiger partial charge < -0.3 is 15.1 Å². The summed E-state index contributed by atoms with van der Waals surface area (Å²) in [4.78, 5) is 17.0. The van der Waals surface area contributed by atoms with Gasteiger partial charge in [0.15, 0.2) is 0 Å². The van der Waals surface area contributed by atoms with Gasteiger partial charge in [-0.3, -0.25) is 4.79 Å². The van der Waals surface area contributed by atoms with Crippen molar-refractivity contribution in [3.05, 3.63) is 53.8 Å². The molecule has 0 saturated carbocycles.